The Morgan fingerprint density at radius 3 is 2.25 bits per heavy atom. The molecule has 6 heteroatoms. The van der Waals surface area contributed by atoms with E-state index in [2.05, 4.69) is 38.2 Å². The van der Waals surface area contributed by atoms with E-state index >= 15 is 0 Å². The van der Waals surface area contributed by atoms with Crippen molar-refractivity contribution in [3.05, 3.63) is 65.5 Å². The predicted octanol–water partition coefficient (Wildman–Crippen LogP) is 5.06. The minimum Gasteiger partial charge on any atom is -0.493 e. The van der Waals surface area contributed by atoms with Crippen LogP contribution in [0.4, 0.5) is 9.18 Å². The van der Waals surface area contributed by atoms with E-state index in [1.807, 2.05) is 29.2 Å². The number of carbonyl (C=O) groups excluding carboxylic acids is 1. The van der Waals surface area contributed by atoms with Crippen molar-refractivity contribution in [2.75, 3.05) is 20.7 Å². The maximum absolute atomic E-state index is 13.3. The van der Waals surface area contributed by atoms with Gasteiger partial charge < -0.3 is 19.9 Å². The van der Waals surface area contributed by atoms with E-state index in [1.54, 1.807) is 12.1 Å². The molecule has 3 rings (SSSR count). The number of hydrogen-bond donors (Lipinski definition) is 1. The Balaban J connectivity index is 1.63. The molecule has 0 heterocycles. The lowest BCUT2D eigenvalue weighted by Gasteiger charge is -2.30. The second-order valence-electron chi connectivity index (χ2n) is 9.35. The molecule has 2 unspecified atom stereocenters. The fourth-order valence-electron chi connectivity index (χ4n) is 4.09. The zero-order valence-electron chi connectivity index (χ0n) is 19.7. The first-order chi connectivity index (χ1) is 15.3. The molecule has 2 amide bonds. The lowest BCUT2D eigenvalue weighted by molar-refractivity contribution is 0.166. The molecule has 0 aliphatic heterocycles. The molecule has 0 bridgehead atoms. The van der Waals surface area contributed by atoms with Crippen LogP contribution in [0.5, 0.6) is 5.75 Å². The Hall–Kier alpha value is -2.60. The minimum atomic E-state index is -0.265. The lowest BCUT2D eigenvalue weighted by Crippen LogP contribution is -2.45. The maximum atomic E-state index is 13.3. The van der Waals surface area contributed by atoms with Gasteiger partial charge in [0.25, 0.3) is 0 Å². The number of halogens is 1. The van der Waals surface area contributed by atoms with E-state index in [1.165, 1.54) is 12.1 Å². The van der Waals surface area contributed by atoms with Crippen LogP contribution in [0.1, 0.15) is 44.2 Å². The van der Waals surface area contributed by atoms with Gasteiger partial charge in [0.1, 0.15) is 11.6 Å². The fraction of sp³-hybridized carbons (Fsp3) is 0.500. The third kappa shape index (κ3) is 6.95. The summed E-state index contributed by atoms with van der Waals surface area (Å²) < 4.78 is 19.1. The van der Waals surface area contributed by atoms with E-state index in [-0.39, 0.29) is 17.9 Å². The van der Waals surface area contributed by atoms with E-state index in [0.29, 0.717) is 31.7 Å². The van der Waals surface area contributed by atoms with E-state index in [0.717, 1.165) is 36.1 Å². The van der Waals surface area contributed by atoms with Gasteiger partial charge in [0, 0.05) is 25.2 Å². The number of amides is 2. The molecule has 2 aromatic rings. The van der Waals surface area contributed by atoms with Gasteiger partial charge in [0.15, 0.2) is 0 Å². The Bertz CT molecular complexity index is 852. The van der Waals surface area contributed by atoms with Crippen LogP contribution in [0, 0.1) is 11.7 Å². The van der Waals surface area contributed by atoms with E-state index < -0.39 is 0 Å². The van der Waals surface area contributed by atoms with Crippen molar-refractivity contribution in [1.29, 1.82) is 0 Å². The predicted molar refractivity (Wildman–Crippen MR) is 126 cm³/mol. The molecule has 0 aromatic heterocycles. The van der Waals surface area contributed by atoms with Gasteiger partial charge in [-0.15, -0.1) is 0 Å². The van der Waals surface area contributed by atoms with Crippen molar-refractivity contribution in [3.63, 3.8) is 0 Å². The third-order valence-electron chi connectivity index (χ3n) is 6.03. The highest BCUT2D eigenvalue weighted by atomic mass is 19.1. The van der Waals surface area contributed by atoms with Gasteiger partial charge in [-0.1, -0.05) is 38.1 Å². The van der Waals surface area contributed by atoms with Crippen molar-refractivity contribution in [2.45, 2.75) is 58.3 Å². The molecule has 0 spiro atoms. The molecule has 1 saturated carbocycles. The Morgan fingerprint density at radius 2 is 1.66 bits per heavy atom. The Kier molecular flexibility index (Phi) is 8.51. The van der Waals surface area contributed by atoms with Gasteiger partial charge in [-0.2, -0.15) is 0 Å². The van der Waals surface area contributed by atoms with Crippen molar-refractivity contribution in [1.82, 2.24) is 15.1 Å². The van der Waals surface area contributed by atoms with Gasteiger partial charge in [0.05, 0.1) is 6.61 Å². The van der Waals surface area contributed by atoms with Gasteiger partial charge in [-0.25, -0.2) is 9.18 Å². The first kappa shape index (κ1) is 24.1. The molecular formula is C26H36FN3O2. The zero-order chi connectivity index (χ0) is 23.1. The molecule has 1 aliphatic carbocycles. The van der Waals surface area contributed by atoms with Gasteiger partial charge in [0.2, 0.25) is 0 Å². The third-order valence-corrected chi connectivity index (χ3v) is 6.03. The van der Waals surface area contributed by atoms with Crippen LogP contribution < -0.4 is 10.1 Å². The smallest absolute Gasteiger partial charge is 0.318 e. The summed E-state index contributed by atoms with van der Waals surface area (Å²) in [5.74, 6) is 1.05. The molecule has 0 saturated heterocycles. The molecule has 32 heavy (non-hydrogen) atoms. The summed E-state index contributed by atoms with van der Waals surface area (Å²) in [6, 6.07) is 14.8. The van der Waals surface area contributed by atoms with E-state index in [4.69, 9.17) is 4.74 Å². The van der Waals surface area contributed by atoms with Crippen LogP contribution >= 0.6 is 0 Å². The molecule has 2 aromatic carbocycles. The molecule has 1 N–H and O–H groups in total. The fourth-order valence-corrected chi connectivity index (χ4v) is 4.09. The number of rotatable bonds is 9. The van der Waals surface area contributed by atoms with Crippen molar-refractivity contribution < 1.29 is 13.9 Å². The second kappa shape index (κ2) is 11.3. The van der Waals surface area contributed by atoms with Crippen LogP contribution in [0.2, 0.25) is 0 Å². The van der Waals surface area contributed by atoms with Crippen molar-refractivity contribution in [3.8, 4) is 5.75 Å². The molecule has 1 aliphatic rings. The Labute approximate surface area is 191 Å². The average molecular weight is 442 g/mol. The van der Waals surface area contributed by atoms with Crippen molar-refractivity contribution in [2.24, 2.45) is 5.92 Å². The SMILES string of the molecule is CC(C)COc1ccc(CNC(=O)N(Cc2ccc(F)cc2)C2CCC(N(C)C)C2)cc1. The number of benzene rings is 2. The number of hydrogen-bond acceptors (Lipinski definition) is 3. The zero-order valence-corrected chi connectivity index (χ0v) is 19.7. The number of nitrogens with one attached hydrogen (secondary N) is 1. The number of carbonyl (C=O) groups is 1. The average Bonchev–Trinajstić information content (AvgIpc) is 3.26. The first-order valence-corrected chi connectivity index (χ1v) is 11.5. The molecule has 5 nitrogen and oxygen atoms in total. The normalized spacial score (nSPS) is 18.2. The number of urea groups is 1. The monoisotopic (exact) mass is 441 g/mol. The summed E-state index contributed by atoms with van der Waals surface area (Å²) in [7, 11) is 4.18. The topological polar surface area (TPSA) is 44.8 Å². The quantitative estimate of drug-likeness (QED) is 0.592. The van der Waals surface area contributed by atoms with Crippen LogP contribution in [0.3, 0.4) is 0 Å². The van der Waals surface area contributed by atoms with Gasteiger partial charge in [-0.05, 0) is 74.7 Å². The van der Waals surface area contributed by atoms with Crippen LogP contribution in [0.15, 0.2) is 48.5 Å². The van der Waals surface area contributed by atoms with E-state index in [9.17, 15) is 9.18 Å². The highest BCUT2D eigenvalue weighted by Gasteiger charge is 2.32. The molecular weight excluding hydrogens is 405 g/mol. The summed E-state index contributed by atoms with van der Waals surface area (Å²) in [6.45, 7) is 5.84. The number of nitrogens with zero attached hydrogens (tertiary/aromatic N) is 2. The minimum absolute atomic E-state index is 0.0844. The summed E-state index contributed by atoms with van der Waals surface area (Å²) in [5, 5.41) is 3.08. The first-order valence-electron chi connectivity index (χ1n) is 11.5. The summed E-state index contributed by atoms with van der Waals surface area (Å²) in [6.07, 6.45) is 2.99. The molecule has 1 fully saturated rings. The lowest BCUT2D eigenvalue weighted by atomic mass is 10.1. The van der Waals surface area contributed by atoms with Crippen molar-refractivity contribution >= 4 is 6.03 Å². The highest BCUT2D eigenvalue weighted by molar-refractivity contribution is 5.74. The van der Waals surface area contributed by atoms with Gasteiger partial charge in [-0.3, -0.25) is 0 Å². The molecule has 174 valence electrons. The maximum Gasteiger partial charge on any atom is 0.318 e. The second-order valence-corrected chi connectivity index (χ2v) is 9.35. The van der Waals surface area contributed by atoms with Crippen LogP contribution in [-0.4, -0.2) is 48.6 Å². The summed E-state index contributed by atoms with van der Waals surface area (Å²) in [5.41, 5.74) is 1.95. The van der Waals surface area contributed by atoms with Crippen LogP contribution in [0.25, 0.3) is 0 Å². The Morgan fingerprint density at radius 1 is 1.03 bits per heavy atom. The largest absolute Gasteiger partial charge is 0.493 e. The summed E-state index contributed by atoms with van der Waals surface area (Å²) >= 11 is 0. The summed E-state index contributed by atoms with van der Waals surface area (Å²) in [4.78, 5) is 17.3. The molecule has 0 radical (unpaired) electrons. The standard InChI is InChI=1S/C26H36FN3O2/c1-19(2)18-32-25-13-7-20(8-14-25)16-28-26(31)30(17-21-5-9-22(27)10-6-21)24-12-11-23(15-24)29(3)4/h5-10,13-14,19,23-24H,11-12,15-18H2,1-4H3,(H,28,31). The highest BCUT2D eigenvalue weighted by Crippen LogP contribution is 2.28. The van der Waals surface area contributed by atoms with Crippen LogP contribution in [-0.2, 0) is 13.1 Å². The van der Waals surface area contributed by atoms with Gasteiger partial charge >= 0.3 is 6.03 Å². The molecule has 2 atom stereocenters. The number of ether oxygens (including phenoxy) is 1.